The van der Waals surface area contributed by atoms with Crippen LogP contribution in [0.1, 0.15) is 64.9 Å². The van der Waals surface area contributed by atoms with Gasteiger partial charge >= 0.3 is 0 Å². The highest BCUT2D eigenvalue weighted by molar-refractivity contribution is 5.85. The monoisotopic (exact) mass is 368 g/mol. The van der Waals surface area contributed by atoms with E-state index < -0.39 is 0 Å². The van der Waals surface area contributed by atoms with Crippen LogP contribution >= 0.6 is 12.4 Å². The van der Waals surface area contributed by atoms with Crippen molar-refractivity contribution in [3.8, 4) is 5.75 Å². The molecule has 2 N–H and O–H groups in total. The van der Waals surface area contributed by atoms with E-state index in [-0.39, 0.29) is 30.5 Å². The lowest BCUT2D eigenvalue weighted by atomic mass is 10.1. The first kappa shape index (κ1) is 21.8. The van der Waals surface area contributed by atoms with Gasteiger partial charge in [-0.1, -0.05) is 43.9 Å². The first-order valence-corrected chi connectivity index (χ1v) is 9.19. The molecule has 0 heterocycles. The molecule has 0 atom stereocenters. The molecular weight excluding hydrogens is 336 g/mol. The lowest BCUT2D eigenvalue weighted by Crippen LogP contribution is -2.43. The number of benzene rings is 1. The van der Waals surface area contributed by atoms with Gasteiger partial charge in [0.05, 0.1) is 0 Å². The Morgan fingerprint density at radius 3 is 2.40 bits per heavy atom. The summed E-state index contributed by atoms with van der Waals surface area (Å²) in [5, 5.41) is 6.58. The fourth-order valence-corrected chi connectivity index (χ4v) is 3.13. The van der Waals surface area contributed by atoms with Gasteiger partial charge in [-0.25, -0.2) is 0 Å². The van der Waals surface area contributed by atoms with Crippen LogP contribution in [-0.2, 0) is 11.3 Å². The zero-order valence-electron chi connectivity index (χ0n) is 15.8. The molecule has 0 bridgehead atoms. The number of hydrogen-bond donors (Lipinski definition) is 2. The molecule has 1 fully saturated rings. The van der Waals surface area contributed by atoms with Crippen molar-refractivity contribution in [2.45, 2.75) is 77.4 Å². The van der Waals surface area contributed by atoms with Crippen LogP contribution in [0.5, 0.6) is 5.75 Å². The molecule has 0 unspecified atom stereocenters. The smallest absolute Gasteiger partial charge is 0.258 e. The number of carbonyl (C=O) groups excluding carboxylic acids is 1. The van der Waals surface area contributed by atoms with Crippen molar-refractivity contribution in [1.29, 1.82) is 0 Å². The highest BCUT2D eigenvalue weighted by Gasteiger charge is 2.15. The number of hydrogen-bond acceptors (Lipinski definition) is 3. The molecule has 5 heteroatoms. The number of amides is 1. The third-order valence-corrected chi connectivity index (χ3v) is 4.28. The van der Waals surface area contributed by atoms with E-state index in [2.05, 4.69) is 16.7 Å². The summed E-state index contributed by atoms with van der Waals surface area (Å²) >= 11 is 0. The Labute approximate surface area is 158 Å². The summed E-state index contributed by atoms with van der Waals surface area (Å²) in [7, 11) is 0. The summed E-state index contributed by atoms with van der Waals surface area (Å²) in [5.74, 6) is 0.705. The highest BCUT2D eigenvalue weighted by atomic mass is 35.5. The van der Waals surface area contributed by atoms with E-state index in [9.17, 15) is 4.79 Å². The molecular formula is C20H33ClN2O2. The predicted molar refractivity (Wildman–Crippen MR) is 105 cm³/mol. The first-order valence-electron chi connectivity index (χ1n) is 9.19. The molecule has 1 saturated carbocycles. The Morgan fingerprint density at radius 2 is 1.76 bits per heavy atom. The molecule has 25 heavy (non-hydrogen) atoms. The number of nitrogens with one attached hydrogen (secondary N) is 2. The molecule has 142 valence electrons. The molecule has 4 nitrogen and oxygen atoms in total. The maximum absolute atomic E-state index is 11.9. The number of halogens is 1. The minimum absolute atomic E-state index is 0. The fourth-order valence-electron chi connectivity index (χ4n) is 3.13. The van der Waals surface area contributed by atoms with Gasteiger partial charge in [0.25, 0.3) is 5.91 Å². The Bertz CT molecular complexity index is 521. The van der Waals surface area contributed by atoms with E-state index in [1.807, 2.05) is 39.0 Å². The normalized spacial score (nSPS) is 15.8. The molecule has 0 aliphatic heterocycles. The molecule has 0 radical (unpaired) electrons. The summed E-state index contributed by atoms with van der Waals surface area (Å²) in [6.45, 7) is 6.75. The number of carbonyl (C=O) groups is 1. The SMILES string of the molecule is CC(C)(C)NC(=O)COc1ccccc1CNC1CCCCCC1.Cl. The van der Waals surface area contributed by atoms with Crippen molar-refractivity contribution in [2.24, 2.45) is 0 Å². The van der Waals surface area contributed by atoms with Crippen LogP contribution < -0.4 is 15.4 Å². The van der Waals surface area contributed by atoms with Crippen LogP contribution in [0.3, 0.4) is 0 Å². The third kappa shape index (κ3) is 8.59. The zero-order valence-corrected chi connectivity index (χ0v) is 16.6. The summed E-state index contributed by atoms with van der Waals surface area (Å²) in [4.78, 5) is 11.9. The van der Waals surface area contributed by atoms with Crippen molar-refractivity contribution >= 4 is 18.3 Å². The lowest BCUT2D eigenvalue weighted by Gasteiger charge is -2.21. The van der Waals surface area contributed by atoms with Crippen LogP contribution in [0, 0.1) is 0 Å². The van der Waals surface area contributed by atoms with E-state index in [0.29, 0.717) is 6.04 Å². The average molecular weight is 369 g/mol. The van der Waals surface area contributed by atoms with Crippen molar-refractivity contribution in [2.75, 3.05) is 6.61 Å². The molecule has 0 saturated heterocycles. The van der Waals surface area contributed by atoms with Gasteiger partial charge in [-0.2, -0.15) is 0 Å². The summed E-state index contributed by atoms with van der Waals surface area (Å²) in [6, 6.07) is 8.58. The molecule has 1 aromatic rings. The molecule has 1 aliphatic rings. The topological polar surface area (TPSA) is 50.4 Å². The Hall–Kier alpha value is -1.26. The van der Waals surface area contributed by atoms with Gasteiger partial charge in [0.2, 0.25) is 0 Å². The third-order valence-electron chi connectivity index (χ3n) is 4.28. The van der Waals surface area contributed by atoms with Crippen molar-refractivity contribution < 1.29 is 9.53 Å². The minimum atomic E-state index is -0.235. The van der Waals surface area contributed by atoms with E-state index >= 15 is 0 Å². The second-order valence-electron chi connectivity index (χ2n) is 7.76. The Morgan fingerprint density at radius 1 is 1.12 bits per heavy atom. The average Bonchev–Trinajstić information content (AvgIpc) is 2.79. The first-order chi connectivity index (χ1) is 11.4. The largest absolute Gasteiger partial charge is 0.483 e. The van der Waals surface area contributed by atoms with Crippen molar-refractivity contribution in [1.82, 2.24) is 10.6 Å². The zero-order chi connectivity index (χ0) is 17.4. The molecule has 1 aliphatic carbocycles. The van der Waals surface area contributed by atoms with Crippen LogP contribution in [0.4, 0.5) is 0 Å². The lowest BCUT2D eigenvalue weighted by molar-refractivity contribution is -0.124. The van der Waals surface area contributed by atoms with Crippen LogP contribution in [0.2, 0.25) is 0 Å². The number of para-hydroxylation sites is 1. The highest BCUT2D eigenvalue weighted by Crippen LogP contribution is 2.21. The van der Waals surface area contributed by atoms with Crippen LogP contribution in [-0.4, -0.2) is 24.1 Å². The quantitative estimate of drug-likeness (QED) is 0.739. The predicted octanol–water partition coefficient (Wildman–Crippen LogP) is 4.21. The van der Waals surface area contributed by atoms with Gasteiger partial charge < -0.3 is 15.4 Å². The maximum atomic E-state index is 11.9. The van der Waals surface area contributed by atoms with E-state index in [0.717, 1.165) is 17.9 Å². The van der Waals surface area contributed by atoms with Crippen molar-refractivity contribution in [3.63, 3.8) is 0 Å². The Balaban J connectivity index is 0.00000312. The summed E-state index contributed by atoms with van der Waals surface area (Å²) in [6.07, 6.45) is 7.89. The van der Waals surface area contributed by atoms with E-state index in [1.54, 1.807) is 0 Å². The molecule has 0 aromatic heterocycles. The molecule has 1 amide bonds. The van der Waals surface area contributed by atoms with E-state index in [1.165, 1.54) is 38.5 Å². The summed E-state index contributed by atoms with van der Waals surface area (Å²) < 4.78 is 5.76. The second kappa shape index (κ2) is 10.7. The maximum Gasteiger partial charge on any atom is 0.258 e. The second-order valence-corrected chi connectivity index (χ2v) is 7.76. The van der Waals surface area contributed by atoms with Crippen LogP contribution in [0.25, 0.3) is 0 Å². The van der Waals surface area contributed by atoms with Gasteiger partial charge in [-0.05, 0) is 39.7 Å². The molecule has 2 rings (SSSR count). The van der Waals surface area contributed by atoms with E-state index in [4.69, 9.17) is 4.74 Å². The fraction of sp³-hybridized carbons (Fsp3) is 0.650. The van der Waals surface area contributed by atoms with Gasteiger partial charge in [0, 0.05) is 23.7 Å². The molecule has 1 aromatic carbocycles. The van der Waals surface area contributed by atoms with Gasteiger partial charge in [-0.15, -0.1) is 12.4 Å². The summed E-state index contributed by atoms with van der Waals surface area (Å²) in [5.41, 5.74) is 0.881. The van der Waals surface area contributed by atoms with Gasteiger partial charge in [0.1, 0.15) is 5.75 Å². The molecule has 0 spiro atoms. The number of rotatable bonds is 6. The van der Waals surface area contributed by atoms with Crippen molar-refractivity contribution in [3.05, 3.63) is 29.8 Å². The standard InChI is InChI=1S/C20H32N2O2.ClH/c1-20(2,3)22-19(23)15-24-18-13-9-8-10-16(18)14-21-17-11-6-4-5-7-12-17;/h8-10,13,17,21H,4-7,11-12,14-15H2,1-3H3,(H,22,23);1H. The minimum Gasteiger partial charge on any atom is -0.483 e. The van der Waals surface area contributed by atoms with Gasteiger partial charge in [-0.3, -0.25) is 4.79 Å². The van der Waals surface area contributed by atoms with Gasteiger partial charge in [0.15, 0.2) is 6.61 Å². The van der Waals surface area contributed by atoms with Crippen LogP contribution in [0.15, 0.2) is 24.3 Å². The number of ether oxygens (including phenoxy) is 1. The Kier molecular flexibility index (Phi) is 9.30.